The molecule has 1 N–H and O–H groups in total. The maximum atomic E-state index is 5.27. The number of benzene rings is 1. The predicted octanol–water partition coefficient (Wildman–Crippen LogP) is 2.03. The highest BCUT2D eigenvalue weighted by molar-refractivity contribution is 5.25. The van der Waals surface area contributed by atoms with Crippen molar-refractivity contribution in [3.63, 3.8) is 0 Å². The number of rotatable bonds is 6. The Kier molecular flexibility index (Phi) is 4.86. The van der Waals surface area contributed by atoms with Crippen LogP contribution < -0.4 is 10.1 Å². The molecule has 1 unspecified atom stereocenters. The number of nitrogens with one attached hydrogen (secondary N) is 1. The third-order valence-corrected chi connectivity index (χ3v) is 3.09. The minimum atomic E-state index is 0.358. The van der Waals surface area contributed by atoms with Gasteiger partial charge in [0.05, 0.1) is 7.11 Å². The van der Waals surface area contributed by atoms with Crippen molar-refractivity contribution >= 4 is 0 Å². The van der Waals surface area contributed by atoms with E-state index in [-0.39, 0.29) is 0 Å². The largest absolute Gasteiger partial charge is 0.480 e. The van der Waals surface area contributed by atoms with E-state index in [1.807, 2.05) is 13.1 Å². The van der Waals surface area contributed by atoms with E-state index < -0.39 is 0 Å². The molecule has 2 aromatic rings. The maximum Gasteiger partial charge on any atom is 0.235 e. The molecule has 0 saturated heterocycles. The molecule has 0 aliphatic carbocycles. The zero-order valence-corrected chi connectivity index (χ0v) is 11.3. The van der Waals surface area contributed by atoms with E-state index in [0.29, 0.717) is 11.8 Å². The summed E-state index contributed by atoms with van der Waals surface area (Å²) in [5, 5.41) is 3.24. The fraction of sp³-hybridized carbons (Fsp3) is 0.333. The first-order chi connectivity index (χ1) is 9.35. The fourth-order valence-electron chi connectivity index (χ4n) is 2.18. The summed E-state index contributed by atoms with van der Waals surface area (Å²) in [5.74, 6) is 0.969. The lowest BCUT2D eigenvalue weighted by molar-refractivity contribution is 0.387. The molecule has 0 aliphatic rings. The molecule has 0 saturated carbocycles. The molecule has 0 radical (unpaired) electrons. The molecule has 0 aliphatic heterocycles. The fourth-order valence-corrected chi connectivity index (χ4v) is 2.18. The predicted molar refractivity (Wildman–Crippen MR) is 75.4 cm³/mol. The van der Waals surface area contributed by atoms with Crippen LogP contribution in [0.4, 0.5) is 0 Å². The molecule has 0 bridgehead atoms. The Labute approximate surface area is 113 Å². The molecule has 0 fully saturated rings. The number of ether oxygens (including phenoxy) is 1. The molecule has 0 amide bonds. The van der Waals surface area contributed by atoms with Gasteiger partial charge in [0.1, 0.15) is 5.69 Å². The minimum Gasteiger partial charge on any atom is -0.480 e. The van der Waals surface area contributed by atoms with E-state index in [1.54, 1.807) is 19.5 Å². The van der Waals surface area contributed by atoms with Gasteiger partial charge in [0, 0.05) is 31.3 Å². The summed E-state index contributed by atoms with van der Waals surface area (Å²) >= 11 is 0. The standard InChI is InChI=1S/C15H19N3O/c1-16-11-13(12-6-4-3-5-7-12)10-14-15(19-2)18-9-8-17-14/h3-9,13,16H,10-11H2,1-2H3. The van der Waals surface area contributed by atoms with Crippen LogP contribution in [0.2, 0.25) is 0 Å². The highest BCUT2D eigenvalue weighted by atomic mass is 16.5. The maximum absolute atomic E-state index is 5.27. The van der Waals surface area contributed by atoms with Gasteiger partial charge in [0.25, 0.3) is 0 Å². The van der Waals surface area contributed by atoms with Gasteiger partial charge in [-0.25, -0.2) is 4.98 Å². The van der Waals surface area contributed by atoms with Gasteiger partial charge in [-0.3, -0.25) is 4.98 Å². The van der Waals surface area contributed by atoms with Crippen LogP contribution in [0.3, 0.4) is 0 Å². The molecule has 1 heterocycles. The number of hydrogen-bond acceptors (Lipinski definition) is 4. The van der Waals surface area contributed by atoms with Crippen molar-refractivity contribution in [1.29, 1.82) is 0 Å². The number of nitrogens with zero attached hydrogens (tertiary/aromatic N) is 2. The summed E-state index contributed by atoms with van der Waals surface area (Å²) in [4.78, 5) is 8.58. The SMILES string of the molecule is CNCC(Cc1nccnc1OC)c1ccccc1. The van der Waals surface area contributed by atoms with Gasteiger partial charge in [-0.1, -0.05) is 30.3 Å². The lowest BCUT2D eigenvalue weighted by Crippen LogP contribution is -2.20. The Morgan fingerprint density at radius 1 is 1.16 bits per heavy atom. The van der Waals surface area contributed by atoms with Crippen molar-refractivity contribution in [2.24, 2.45) is 0 Å². The normalized spacial score (nSPS) is 12.1. The number of methoxy groups -OCH3 is 1. The molecular weight excluding hydrogens is 238 g/mol. The average molecular weight is 257 g/mol. The number of aromatic nitrogens is 2. The summed E-state index contributed by atoms with van der Waals surface area (Å²) in [6, 6.07) is 10.4. The molecular formula is C15H19N3O. The molecule has 1 atom stereocenters. The summed E-state index contributed by atoms with van der Waals surface area (Å²) < 4.78 is 5.27. The van der Waals surface area contributed by atoms with Crippen LogP contribution in [0, 0.1) is 0 Å². The van der Waals surface area contributed by atoms with E-state index in [0.717, 1.165) is 18.7 Å². The van der Waals surface area contributed by atoms with Gasteiger partial charge >= 0.3 is 0 Å². The monoisotopic (exact) mass is 257 g/mol. The Morgan fingerprint density at radius 2 is 1.89 bits per heavy atom. The van der Waals surface area contributed by atoms with Crippen molar-refractivity contribution in [2.45, 2.75) is 12.3 Å². The van der Waals surface area contributed by atoms with E-state index in [1.165, 1.54) is 5.56 Å². The molecule has 2 rings (SSSR count). The van der Waals surface area contributed by atoms with E-state index in [2.05, 4.69) is 39.6 Å². The van der Waals surface area contributed by atoms with E-state index in [4.69, 9.17) is 4.74 Å². The van der Waals surface area contributed by atoms with Crippen LogP contribution in [0.25, 0.3) is 0 Å². The second kappa shape index (κ2) is 6.85. The van der Waals surface area contributed by atoms with Crippen molar-refractivity contribution in [3.05, 3.63) is 54.0 Å². The molecule has 0 spiro atoms. The van der Waals surface area contributed by atoms with Crippen molar-refractivity contribution in [1.82, 2.24) is 15.3 Å². The molecule has 19 heavy (non-hydrogen) atoms. The minimum absolute atomic E-state index is 0.358. The third-order valence-electron chi connectivity index (χ3n) is 3.09. The summed E-state index contributed by atoms with van der Waals surface area (Å²) in [6.07, 6.45) is 4.17. The second-order valence-corrected chi connectivity index (χ2v) is 4.38. The first kappa shape index (κ1) is 13.5. The molecule has 1 aromatic heterocycles. The average Bonchev–Trinajstić information content (AvgIpc) is 2.48. The Hall–Kier alpha value is -1.94. The molecule has 4 heteroatoms. The van der Waals surface area contributed by atoms with E-state index in [9.17, 15) is 0 Å². The smallest absolute Gasteiger partial charge is 0.235 e. The summed E-state index contributed by atoms with van der Waals surface area (Å²) in [5.41, 5.74) is 2.19. The number of likely N-dealkylation sites (N-methyl/N-ethyl adjacent to an activating group) is 1. The Bertz CT molecular complexity index is 502. The molecule has 1 aromatic carbocycles. The summed E-state index contributed by atoms with van der Waals surface area (Å²) in [7, 11) is 3.59. The van der Waals surface area contributed by atoms with Crippen molar-refractivity contribution in [2.75, 3.05) is 20.7 Å². The number of hydrogen-bond donors (Lipinski definition) is 1. The van der Waals surface area contributed by atoms with Crippen molar-refractivity contribution in [3.8, 4) is 5.88 Å². The van der Waals surface area contributed by atoms with Crippen LogP contribution in [0.1, 0.15) is 17.2 Å². The van der Waals surface area contributed by atoms with Crippen molar-refractivity contribution < 1.29 is 4.74 Å². The van der Waals surface area contributed by atoms with Crippen LogP contribution in [-0.2, 0) is 6.42 Å². The highest BCUT2D eigenvalue weighted by Gasteiger charge is 2.15. The Balaban J connectivity index is 2.21. The lowest BCUT2D eigenvalue weighted by Gasteiger charge is -2.17. The first-order valence-corrected chi connectivity index (χ1v) is 6.38. The third kappa shape index (κ3) is 3.51. The van der Waals surface area contributed by atoms with Gasteiger partial charge in [-0.05, 0) is 12.6 Å². The quantitative estimate of drug-likeness (QED) is 0.860. The van der Waals surface area contributed by atoms with Gasteiger partial charge < -0.3 is 10.1 Å². The second-order valence-electron chi connectivity index (χ2n) is 4.38. The zero-order chi connectivity index (χ0) is 13.5. The van der Waals surface area contributed by atoms with Gasteiger partial charge in [-0.2, -0.15) is 0 Å². The van der Waals surface area contributed by atoms with Gasteiger partial charge in [-0.15, -0.1) is 0 Å². The highest BCUT2D eigenvalue weighted by Crippen LogP contribution is 2.23. The Morgan fingerprint density at radius 3 is 2.58 bits per heavy atom. The lowest BCUT2D eigenvalue weighted by atomic mass is 9.94. The van der Waals surface area contributed by atoms with Crippen LogP contribution >= 0.6 is 0 Å². The van der Waals surface area contributed by atoms with Gasteiger partial charge in [0.2, 0.25) is 5.88 Å². The zero-order valence-electron chi connectivity index (χ0n) is 11.3. The van der Waals surface area contributed by atoms with Gasteiger partial charge in [0.15, 0.2) is 0 Å². The van der Waals surface area contributed by atoms with E-state index >= 15 is 0 Å². The first-order valence-electron chi connectivity index (χ1n) is 6.38. The van der Waals surface area contributed by atoms with Crippen LogP contribution in [0.15, 0.2) is 42.7 Å². The molecule has 100 valence electrons. The topological polar surface area (TPSA) is 47.0 Å². The van der Waals surface area contributed by atoms with Crippen LogP contribution in [0.5, 0.6) is 5.88 Å². The molecule has 4 nitrogen and oxygen atoms in total. The summed E-state index contributed by atoms with van der Waals surface area (Å²) in [6.45, 7) is 0.893. The van der Waals surface area contributed by atoms with Crippen LogP contribution in [-0.4, -0.2) is 30.7 Å².